The maximum Gasteiger partial charge on any atom is 0.191 e. The van der Waals surface area contributed by atoms with Crippen LogP contribution < -0.4 is 10.6 Å². The molecule has 0 aromatic carbocycles. The normalized spacial score (nSPS) is 11.5. The van der Waals surface area contributed by atoms with Crippen molar-refractivity contribution in [2.75, 3.05) is 44.9 Å². The van der Waals surface area contributed by atoms with Crippen LogP contribution in [0.3, 0.4) is 0 Å². The predicted octanol–water partition coefficient (Wildman–Crippen LogP) is 0.941. The van der Waals surface area contributed by atoms with Crippen LogP contribution >= 0.6 is 11.8 Å². The molecule has 0 saturated heterocycles. The van der Waals surface area contributed by atoms with E-state index in [1.807, 2.05) is 18.7 Å². The van der Waals surface area contributed by atoms with Crippen molar-refractivity contribution in [1.82, 2.24) is 10.6 Å². The van der Waals surface area contributed by atoms with Gasteiger partial charge < -0.3 is 15.4 Å². The number of ether oxygens (including phenoxy) is 1. The Labute approximate surface area is 97.3 Å². The van der Waals surface area contributed by atoms with Gasteiger partial charge in [0.1, 0.15) is 0 Å². The van der Waals surface area contributed by atoms with E-state index in [1.54, 1.807) is 0 Å². The molecule has 0 saturated carbocycles. The zero-order valence-corrected chi connectivity index (χ0v) is 10.8. The van der Waals surface area contributed by atoms with Gasteiger partial charge in [-0.2, -0.15) is 11.8 Å². The second-order valence-corrected chi connectivity index (χ2v) is 3.86. The lowest BCUT2D eigenvalue weighted by Gasteiger charge is -2.10. The van der Waals surface area contributed by atoms with Crippen molar-refractivity contribution < 1.29 is 4.74 Å². The Bertz CT molecular complexity index is 165. The zero-order valence-electron chi connectivity index (χ0n) is 10.0. The lowest BCUT2D eigenvalue weighted by atomic mass is 10.6. The molecule has 0 fully saturated rings. The van der Waals surface area contributed by atoms with Gasteiger partial charge in [-0.15, -0.1) is 0 Å². The molecule has 0 spiro atoms. The van der Waals surface area contributed by atoms with Crippen molar-refractivity contribution in [3.63, 3.8) is 0 Å². The van der Waals surface area contributed by atoms with Crippen molar-refractivity contribution in [3.05, 3.63) is 0 Å². The highest BCUT2D eigenvalue weighted by atomic mass is 32.2. The fraction of sp³-hybridized carbons (Fsp3) is 0.900. The average molecular weight is 233 g/mol. The summed E-state index contributed by atoms with van der Waals surface area (Å²) in [6, 6.07) is 0. The number of rotatable bonds is 8. The molecule has 5 heteroatoms. The van der Waals surface area contributed by atoms with Gasteiger partial charge in [-0.05, 0) is 20.1 Å². The zero-order chi connectivity index (χ0) is 11.4. The third-order valence-electron chi connectivity index (χ3n) is 1.65. The maximum absolute atomic E-state index is 5.22. The van der Waals surface area contributed by atoms with Gasteiger partial charge in [-0.25, -0.2) is 0 Å². The molecule has 0 unspecified atom stereocenters. The first kappa shape index (κ1) is 14.6. The van der Waals surface area contributed by atoms with E-state index in [9.17, 15) is 0 Å². The molecule has 0 aliphatic heterocycles. The monoisotopic (exact) mass is 233 g/mol. The van der Waals surface area contributed by atoms with Crippen molar-refractivity contribution in [2.45, 2.75) is 13.8 Å². The van der Waals surface area contributed by atoms with Crippen LogP contribution in [0, 0.1) is 0 Å². The number of hydrogen-bond donors (Lipinski definition) is 2. The number of hydrogen-bond acceptors (Lipinski definition) is 3. The van der Waals surface area contributed by atoms with Crippen LogP contribution in [-0.2, 0) is 4.74 Å². The van der Waals surface area contributed by atoms with Crippen LogP contribution in [0.1, 0.15) is 13.8 Å². The van der Waals surface area contributed by atoms with Gasteiger partial charge >= 0.3 is 0 Å². The quantitative estimate of drug-likeness (QED) is 0.372. The Morgan fingerprint density at radius 2 is 2.13 bits per heavy atom. The summed E-state index contributed by atoms with van der Waals surface area (Å²) in [5, 5.41) is 6.45. The minimum absolute atomic E-state index is 0.690. The maximum atomic E-state index is 5.22. The number of guanidine groups is 1. The van der Waals surface area contributed by atoms with Crippen molar-refractivity contribution in [2.24, 2.45) is 4.99 Å². The summed E-state index contributed by atoms with van der Waals surface area (Å²) in [5.74, 6) is 1.97. The molecule has 0 aliphatic rings. The summed E-state index contributed by atoms with van der Waals surface area (Å²) in [6.45, 7) is 8.05. The van der Waals surface area contributed by atoms with E-state index >= 15 is 0 Å². The highest BCUT2D eigenvalue weighted by Gasteiger charge is 1.94. The van der Waals surface area contributed by atoms with Gasteiger partial charge in [0.05, 0.1) is 13.2 Å². The fourth-order valence-electron chi connectivity index (χ4n) is 0.980. The highest BCUT2D eigenvalue weighted by molar-refractivity contribution is 7.98. The molecular weight excluding hydrogens is 210 g/mol. The summed E-state index contributed by atoms with van der Waals surface area (Å²) in [6.07, 6.45) is 2.10. The third kappa shape index (κ3) is 9.87. The smallest absolute Gasteiger partial charge is 0.191 e. The number of aliphatic imine (C=N–C) groups is 1. The van der Waals surface area contributed by atoms with E-state index < -0.39 is 0 Å². The Balaban J connectivity index is 3.68. The first-order chi connectivity index (χ1) is 7.35. The van der Waals surface area contributed by atoms with Gasteiger partial charge in [0, 0.05) is 25.4 Å². The Hall–Kier alpha value is -0.420. The fourth-order valence-corrected chi connectivity index (χ4v) is 1.29. The highest BCUT2D eigenvalue weighted by Crippen LogP contribution is 1.87. The molecule has 90 valence electrons. The predicted molar refractivity (Wildman–Crippen MR) is 68.9 cm³/mol. The van der Waals surface area contributed by atoms with E-state index in [4.69, 9.17) is 4.74 Å². The SMILES string of the molecule is CCNC(=NCCOCC)NCCSC. The summed E-state index contributed by atoms with van der Waals surface area (Å²) in [7, 11) is 0. The van der Waals surface area contributed by atoms with Crippen LogP contribution in [0.4, 0.5) is 0 Å². The van der Waals surface area contributed by atoms with Crippen LogP contribution in [-0.4, -0.2) is 50.8 Å². The van der Waals surface area contributed by atoms with Crippen LogP contribution in [0.2, 0.25) is 0 Å². The van der Waals surface area contributed by atoms with Gasteiger partial charge in [-0.1, -0.05) is 0 Å². The van der Waals surface area contributed by atoms with Gasteiger partial charge in [0.2, 0.25) is 0 Å². The van der Waals surface area contributed by atoms with E-state index in [0.717, 1.165) is 31.4 Å². The lowest BCUT2D eigenvalue weighted by molar-refractivity contribution is 0.155. The third-order valence-corrected chi connectivity index (χ3v) is 2.26. The molecule has 0 radical (unpaired) electrons. The van der Waals surface area contributed by atoms with Crippen LogP contribution in [0.25, 0.3) is 0 Å². The Morgan fingerprint density at radius 3 is 2.73 bits per heavy atom. The molecule has 0 heterocycles. The molecule has 0 aromatic heterocycles. The van der Waals surface area contributed by atoms with Crippen LogP contribution in [0.5, 0.6) is 0 Å². The summed E-state index contributed by atoms with van der Waals surface area (Å²) in [5.41, 5.74) is 0. The van der Waals surface area contributed by atoms with Crippen molar-refractivity contribution >= 4 is 17.7 Å². The number of thioether (sulfide) groups is 1. The second-order valence-electron chi connectivity index (χ2n) is 2.88. The van der Waals surface area contributed by atoms with E-state index in [0.29, 0.717) is 13.2 Å². The Kier molecular flexibility index (Phi) is 11.3. The lowest BCUT2D eigenvalue weighted by Crippen LogP contribution is -2.38. The van der Waals surface area contributed by atoms with Crippen molar-refractivity contribution in [1.29, 1.82) is 0 Å². The van der Waals surface area contributed by atoms with Gasteiger partial charge in [-0.3, -0.25) is 4.99 Å². The van der Waals surface area contributed by atoms with Crippen LogP contribution in [0.15, 0.2) is 4.99 Å². The summed E-state index contributed by atoms with van der Waals surface area (Å²) >= 11 is 1.82. The molecule has 0 bridgehead atoms. The molecule has 0 aliphatic carbocycles. The number of nitrogens with one attached hydrogen (secondary N) is 2. The second kappa shape index (κ2) is 11.7. The Morgan fingerprint density at radius 1 is 1.33 bits per heavy atom. The van der Waals surface area contributed by atoms with Crippen molar-refractivity contribution in [3.8, 4) is 0 Å². The minimum atomic E-state index is 0.690. The average Bonchev–Trinajstić information content (AvgIpc) is 2.24. The first-order valence-electron chi connectivity index (χ1n) is 5.44. The largest absolute Gasteiger partial charge is 0.380 e. The molecule has 2 N–H and O–H groups in total. The standard InChI is InChI=1S/C10H23N3OS/c1-4-11-10(13-7-9-15-3)12-6-8-14-5-2/h4-9H2,1-3H3,(H2,11,12,13). The molecule has 0 aromatic rings. The molecule has 0 amide bonds. The molecule has 0 atom stereocenters. The molecule has 0 rings (SSSR count). The van der Waals surface area contributed by atoms with E-state index in [2.05, 4.69) is 28.8 Å². The van der Waals surface area contributed by atoms with E-state index in [-0.39, 0.29) is 0 Å². The first-order valence-corrected chi connectivity index (χ1v) is 6.83. The number of nitrogens with zero attached hydrogens (tertiary/aromatic N) is 1. The molecule has 4 nitrogen and oxygen atoms in total. The molecular formula is C10H23N3OS. The van der Waals surface area contributed by atoms with E-state index in [1.165, 1.54) is 0 Å². The summed E-state index contributed by atoms with van der Waals surface area (Å²) in [4.78, 5) is 4.38. The summed E-state index contributed by atoms with van der Waals surface area (Å²) < 4.78 is 5.22. The molecule has 15 heavy (non-hydrogen) atoms. The minimum Gasteiger partial charge on any atom is -0.380 e. The van der Waals surface area contributed by atoms with Gasteiger partial charge in [0.25, 0.3) is 0 Å². The topological polar surface area (TPSA) is 45.7 Å². The van der Waals surface area contributed by atoms with Gasteiger partial charge in [0.15, 0.2) is 5.96 Å².